The topological polar surface area (TPSA) is 79.6 Å². The fourth-order valence-corrected chi connectivity index (χ4v) is 3.35. The van der Waals surface area contributed by atoms with E-state index in [2.05, 4.69) is 5.32 Å². The Kier molecular flexibility index (Phi) is 5.20. The summed E-state index contributed by atoms with van der Waals surface area (Å²) in [6, 6.07) is 14.4. The number of nitrogens with one attached hydrogen (secondary N) is 1. The fraction of sp³-hybridized carbons (Fsp3) is 0.0455. The van der Waals surface area contributed by atoms with E-state index in [-0.39, 0.29) is 11.3 Å². The lowest BCUT2D eigenvalue weighted by atomic mass is 10.1. The number of anilines is 1. The van der Waals surface area contributed by atoms with Gasteiger partial charge in [0, 0.05) is 15.6 Å². The molecule has 30 heavy (non-hydrogen) atoms. The Balaban J connectivity index is 1.70. The highest BCUT2D eigenvalue weighted by Crippen LogP contribution is 2.30. The first kappa shape index (κ1) is 19.9. The predicted octanol–water partition coefficient (Wildman–Crippen LogP) is 5.23. The Hall–Kier alpha value is -3.35. The summed E-state index contributed by atoms with van der Waals surface area (Å²) < 4.78 is 5.74. The molecule has 1 fully saturated rings. The van der Waals surface area contributed by atoms with E-state index in [0.29, 0.717) is 27.1 Å². The number of halogens is 2. The van der Waals surface area contributed by atoms with Crippen LogP contribution in [0.1, 0.15) is 11.3 Å². The van der Waals surface area contributed by atoms with Crippen LogP contribution in [0.5, 0.6) is 0 Å². The van der Waals surface area contributed by atoms with Crippen molar-refractivity contribution in [1.82, 2.24) is 5.32 Å². The molecule has 6 nitrogen and oxygen atoms in total. The third kappa shape index (κ3) is 3.63. The van der Waals surface area contributed by atoms with Gasteiger partial charge in [-0.3, -0.25) is 14.9 Å². The summed E-state index contributed by atoms with van der Waals surface area (Å²) in [5.41, 5.74) is 1.39. The molecule has 4 amide bonds. The largest absolute Gasteiger partial charge is 0.457 e. The molecule has 2 aromatic carbocycles. The molecule has 0 saturated carbocycles. The molecule has 1 aliphatic rings. The highest BCUT2D eigenvalue weighted by molar-refractivity contribution is 6.39. The van der Waals surface area contributed by atoms with E-state index in [0.717, 1.165) is 10.5 Å². The number of carbonyl (C=O) groups excluding carboxylic acids is 3. The first-order valence-electron chi connectivity index (χ1n) is 8.87. The third-order valence-corrected chi connectivity index (χ3v) is 5.29. The van der Waals surface area contributed by atoms with Crippen LogP contribution < -0.4 is 10.2 Å². The van der Waals surface area contributed by atoms with Crippen molar-refractivity contribution in [2.45, 2.75) is 6.92 Å². The van der Waals surface area contributed by atoms with Crippen LogP contribution in [0.15, 0.2) is 64.6 Å². The Bertz CT molecular complexity index is 1210. The van der Waals surface area contributed by atoms with E-state index in [4.69, 9.17) is 27.6 Å². The molecule has 1 aliphatic heterocycles. The van der Waals surface area contributed by atoms with E-state index in [9.17, 15) is 14.4 Å². The molecule has 2 heterocycles. The summed E-state index contributed by atoms with van der Waals surface area (Å²) in [6.45, 7) is 1.68. The van der Waals surface area contributed by atoms with Crippen LogP contribution >= 0.6 is 23.2 Å². The lowest BCUT2D eigenvalue weighted by molar-refractivity contribution is -0.122. The van der Waals surface area contributed by atoms with Crippen molar-refractivity contribution in [2.75, 3.05) is 4.90 Å². The number of rotatable bonds is 3. The van der Waals surface area contributed by atoms with E-state index < -0.39 is 17.8 Å². The van der Waals surface area contributed by atoms with Crippen molar-refractivity contribution >= 4 is 52.8 Å². The number of hydrogen-bond acceptors (Lipinski definition) is 4. The van der Waals surface area contributed by atoms with Gasteiger partial charge >= 0.3 is 6.03 Å². The SMILES string of the molecule is Cc1c(Cl)cccc1N1C(=O)NC(=O)/C(=C\c2ccc(-c3ccc(Cl)cc3)o2)C1=O. The second kappa shape index (κ2) is 7.82. The van der Waals surface area contributed by atoms with Gasteiger partial charge in [0.15, 0.2) is 0 Å². The van der Waals surface area contributed by atoms with Crippen LogP contribution in [0.4, 0.5) is 10.5 Å². The average molecular weight is 441 g/mol. The molecule has 1 N–H and O–H groups in total. The van der Waals surface area contributed by atoms with Gasteiger partial charge in [0.1, 0.15) is 17.1 Å². The number of urea groups is 1. The molecule has 0 bridgehead atoms. The molecule has 0 unspecified atom stereocenters. The number of carbonyl (C=O) groups is 3. The lowest BCUT2D eigenvalue weighted by Gasteiger charge is -2.27. The maximum absolute atomic E-state index is 13.0. The average Bonchev–Trinajstić information content (AvgIpc) is 3.17. The smallest absolute Gasteiger partial charge is 0.335 e. The Labute approximate surface area is 181 Å². The minimum Gasteiger partial charge on any atom is -0.457 e. The van der Waals surface area contributed by atoms with Gasteiger partial charge in [-0.25, -0.2) is 9.69 Å². The third-order valence-electron chi connectivity index (χ3n) is 4.62. The molecule has 3 aromatic rings. The van der Waals surface area contributed by atoms with Crippen molar-refractivity contribution < 1.29 is 18.8 Å². The maximum atomic E-state index is 13.0. The van der Waals surface area contributed by atoms with E-state index >= 15 is 0 Å². The summed E-state index contributed by atoms with van der Waals surface area (Å²) >= 11 is 12.0. The number of nitrogens with zero attached hydrogens (tertiary/aromatic N) is 1. The van der Waals surface area contributed by atoms with E-state index in [1.807, 2.05) is 0 Å². The minimum absolute atomic E-state index is 0.231. The molecule has 0 radical (unpaired) electrons. The predicted molar refractivity (Wildman–Crippen MR) is 114 cm³/mol. The number of benzene rings is 2. The summed E-state index contributed by atoms with van der Waals surface area (Å²) in [5, 5.41) is 3.17. The second-order valence-electron chi connectivity index (χ2n) is 6.55. The summed E-state index contributed by atoms with van der Waals surface area (Å²) in [4.78, 5) is 38.6. The normalized spacial score (nSPS) is 15.6. The number of imide groups is 2. The molecule has 4 rings (SSSR count). The standard InChI is InChI=1S/C22H14Cl2N2O4/c1-12-17(24)3-2-4-18(12)26-21(28)16(20(27)25-22(26)29)11-15-9-10-19(30-15)13-5-7-14(23)8-6-13/h2-11H,1H3,(H,25,27,29)/b16-11+. The molecule has 1 saturated heterocycles. The van der Waals surface area contributed by atoms with Crippen molar-refractivity contribution in [3.05, 3.63) is 81.5 Å². The highest BCUT2D eigenvalue weighted by atomic mass is 35.5. The molecular formula is C22H14Cl2N2O4. The summed E-state index contributed by atoms with van der Waals surface area (Å²) in [7, 11) is 0. The zero-order valence-corrected chi connectivity index (χ0v) is 17.1. The van der Waals surface area contributed by atoms with Gasteiger partial charge in [0.25, 0.3) is 11.8 Å². The van der Waals surface area contributed by atoms with Crippen LogP contribution in [0.3, 0.4) is 0 Å². The first-order chi connectivity index (χ1) is 14.3. The van der Waals surface area contributed by atoms with Crippen LogP contribution in [-0.2, 0) is 9.59 Å². The monoisotopic (exact) mass is 440 g/mol. The quantitative estimate of drug-likeness (QED) is 0.446. The molecule has 1 aromatic heterocycles. The van der Waals surface area contributed by atoms with Gasteiger partial charge in [-0.05, 0) is 67.1 Å². The van der Waals surface area contributed by atoms with Crippen LogP contribution in [0, 0.1) is 6.92 Å². The van der Waals surface area contributed by atoms with Gasteiger partial charge in [-0.2, -0.15) is 0 Å². The van der Waals surface area contributed by atoms with Gasteiger partial charge in [-0.15, -0.1) is 0 Å². The molecule has 0 aliphatic carbocycles. The molecule has 0 atom stereocenters. The van der Waals surface area contributed by atoms with Gasteiger partial charge < -0.3 is 4.42 Å². The Morgan fingerprint density at radius 2 is 1.70 bits per heavy atom. The molecular weight excluding hydrogens is 427 g/mol. The Morgan fingerprint density at radius 1 is 0.967 bits per heavy atom. The van der Waals surface area contributed by atoms with Crippen molar-refractivity contribution in [3.8, 4) is 11.3 Å². The zero-order valence-electron chi connectivity index (χ0n) is 15.6. The van der Waals surface area contributed by atoms with Crippen molar-refractivity contribution in [3.63, 3.8) is 0 Å². The van der Waals surface area contributed by atoms with Gasteiger partial charge in [0.2, 0.25) is 0 Å². The van der Waals surface area contributed by atoms with Crippen LogP contribution in [-0.4, -0.2) is 17.8 Å². The zero-order chi connectivity index (χ0) is 21.4. The second-order valence-corrected chi connectivity index (χ2v) is 7.39. The molecule has 150 valence electrons. The number of hydrogen-bond donors (Lipinski definition) is 1. The lowest BCUT2D eigenvalue weighted by Crippen LogP contribution is -2.54. The van der Waals surface area contributed by atoms with Crippen LogP contribution in [0.2, 0.25) is 10.0 Å². The number of barbiturate groups is 1. The summed E-state index contributed by atoms with van der Waals surface area (Å²) in [5.74, 6) is -0.736. The van der Waals surface area contributed by atoms with E-state index in [1.165, 1.54) is 6.08 Å². The van der Waals surface area contributed by atoms with E-state index in [1.54, 1.807) is 61.5 Å². The minimum atomic E-state index is -0.839. The number of furan rings is 1. The summed E-state index contributed by atoms with van der Waals surface area (Å²) in [6.07, 6.45) is 1.30. The van der Waals surface area contributed by atoms with Crippen molar-refractivity contribution in [2.24, 2.45) is 0 Å². The fourth-order valence-electron chi connectivity index (χ4n) is 3.06. The number of amides is 4. The Morgan fingerprint density at radius 3 is 2.43 bits per heavy atom. The molecule has 8 heteroatoms. The van der Waals surface area contributed by atoms with Gasteiger partial charge in [-0.1, -0.05) is 29.3 Å². The first-order valence-corrected chi connectivity index (χ1v) is 9.63. The van der Waals surface area contributed by atoms with Crippen LogP contribution in [0.25, 0.3) is 17.4 Å². The maximum Gasteiger partial charge on any atom is 0.335 e. The molecule has 0 spiro atoms. The van der Waals surface area contributed by atoms with Gasteiger partial charge in [0.05, 0.1) is 5.69 Å². The highest BCUT2D eigenvalue weighted by Gasteiger charge is 2.37. The van der Waals surface area contributed by atoms with Crippen molar-refractivity contribution in [1.29, 1.82) is 0 Å².